The lowest BCUT2D eigenvalue weighted by atomic mass is 10.0. The second-order valence-electron chi connectivity index (χ2n) is 4.48. The SMILES string of the molecule is COc1ccc(OC)c(C(Cl)Cc2c(F)cccc2Cl)c1. The van der Waals surface area contributed by atoms with Gasteiger partial charge < -0.3 is 9.47 Å². The fraction of sp³-hybridized carbons (Fsp3) is 0.250. The fourth-order valence-electron chi connectivity index (χ4n) is 2.10. The number of hydrogen-bond donors (Lipinski definition) is 0. The smallest absolute Gasteiger partial charge is 0.127 e. The van der Waals surface area contributed by atoms with Crippen LogP contribution in [0, 0.1) is 5.82 Å². The van der Waals surface area contributed by atoms with E-state index in [9.17, 15) is 4.39 Å². The largest absolute Gasteiger partial charge is 0.497 e. The highest BCUT2D eigenvalue weighted by Gasteiger charge is 2.18. The van der Waals surface area contributed by atoms with Gasteiger partial charge in [-0.1, -0.05) is 17.7 Å². The van der Waals surface area contributed by atoms with Gasteiger partial charge in [0.2, 0.25) is 0 Å². The van der Waals surface area contributed by atoms with Crippen molar-refractivity contribution in [3.05, 3.63) is 58.4 Å². The first kappa shape index (κ1) is 15.9. The van der Waals surface area contributed by atoms with Crippen LogP contribution < -0.4 is 9.47 Å². The van der Waals surface area contributed by atoms with Crippen molar-refractivity contribution >= 4 is 23.2 Å². The number of alkyl halides is 1. The zero-order chi connectivity index (χ0) is 15.4. The molecule has 0 fully saturated rings. The van der Waals surface area contributed by atoms with E-state index in [4.69, 9.17) is 32.7 Å². The van der Waals surface area contributed by atoms with Gasteiger partial charge in [-0.2, -0.15) is 0 Å². The first-order valence-corrected chi connectivity index (χ1v) is 7.17. The summed E-state index contributed by atoms with van der Waals surface area (Å²) in [6.07, 6.45) is 0.261. The van der Waals surface area contributed by atoms with Crippen LogP contribution in [0.2, 0.25) is 5.02 Å². The van der Waals surface area contributed by atoms with Crippen molar-refractivity contribution in [2.24, 2.45) is 0 Å². The third kappa shape index (κ3) is 3.60. The number of benzene rings is 2. The minimum absolute atomic E-state index is 0.261. The van der Waals surface area contributed by atoms with Gasteiger partial charge in [0.1, 0.15) is 17.3 Å². The van der Waals surface area contributed by atoms with Crippen molar-refractivity contribution in [3.63, 3.8) is 0 Å². The molecule has 0 heterocycles. The fourth-order valence-corrected chi connectivity index (χ4v) is 2.67. The van der Waals surface area contributed by atoms with Crippen LogP contribution in [0.1, 0.15) is 16.5 Å². The molecular weight excluding hydrogens is 314 g/mol. The molecule has 0 bridgehead atoms. The highest BCUT2D eigenvalue weighted by Crippen LogP contribution is 2.36. The number of halogens is 3. The molecule has 1 unspecified atom stereocenters. The lowest BCUT2D eigenvalue weighted by Gasteiger charge is -2.16. The lowest BCUT2D eigenvalue weighted by molar-refractivity contribution is 0.398. The summed E-state index contributed by atoms with van der Waals surface area (Å²) in [5.41, 5.74) is 1.13. The highest BCUT2D eigenvalue weighted by atomic mass is 35.5. The maximum Gasteiger partial charge on any atom is 0.127 e. The highest BCUT2D eigenvalue weighted by molar-refractivity contribution is 6.31. The minimum Gasteiger partial charge on any atom is -0.497 e. The van der Waals surface area contributed by atoms with E-state index in [0.717, 1.165) is 5.56 Å². The van der Waals surface area contributed by atoms with Crippen molar-refractivity contribution in [1.82, 2.24) is 0 Å². The molecule has 21 heavy (non-hydrogen) atoms. The van der Waals surface area contributed by atoms with Gasteiger partial charge in [0, 0.05) is 16.1 Å². The molecule has 0 aliphatic rings. The summed E-state index contributed by atoms with van der Waals surface area (Å²) in [6.45, 7) is 0. The third-order valence-electron chi connectivity index (χ3n) is 3.22. The topological polar surface area (TPSA) is 18.5 Å². The van der Waals surface area contributed by atoms with Crippen LogP contribution in [-0.2, 0) is 6.42 Å². The number of ether oxygens (including phenoxy) is 2. The summed E-state index contributed by atoms with van der Waals surface area (Å²) in [5.74, 6) is 0.925. The van der Waals surface area contributed by atoms with E-state index in [1.807, 2.05) is 0 Å². The van der Waals surface area contributed by atoms with Gasteiger partial charge in [-0.25, -0.2) is 4.39 Å². The normalized spacial score (nSPS) is 12.0. The predicted molar refractivity (Wildman–Crippen MR) is 83.3 cm³/mol. The molecule has 2 rings (SSSR count). The average molecular weight is 329 g/mol. The monoisotopic (exact) mass is 328 g/mol. The van der Waals surface area contributed by atoms with Crippen LogP contribution in [0.25, 0.3) is 0 Å². The quantitative estimate of drug-likeness (QED) is 0.717. The molecule has 2 nitrogen and oxygen atoms in total. The Hall–Kier alpha value is -1.45. The molecule has 0 N–H and O–H groups in total. The molecule has 0 aromatic heterocycles. The Kier molecular flexibility index (Phi) is 5.32. The van der Waals surface area contributed by atoms with Gasteiger partial charge in [-0.05, 0) is 36.8 Å². The summed E-state index contributed by atoms with van der Waals surface area (Å²) in [7, 11) is 3.13. The maximum atomic E-state index is 13.9. The van der Waals surface area contributed by atoms with Crippen LogP contribution in [0.15, 0.2) is 36.4 Å². The molecule has 0 saturated carbocycles. The van der Waals surface area contributed by atoms with Gasteiger partial charge >= 0.3 is 0 Å². The molecule has 2 aromatic rings. The maximum absolute atomic E-state index is 13.9. The first-order chi connectivity index (χ1) is 10.1. The predicted octanol–water partition coefficient (Wildman–Crippen LogP) is 5.02. The average Bonchev–Trinajstić information content (AvgIpc) is 2.50. The van der Waals surface area contributed by atoms with Crippen molar-refractivity contribution in [2.45, 2.75) is 11.8 Å². The molecule has 0 amide bonds. The molecule has 5 heteroatoms. The van der Waals surface area contributed by atoms with E-state index < -0.39 is 5.38 Å². The first-order valence-electron chi connectivity index (χ1n) is 6.35. The Morgan fingerprint density at radius 2 is 1.90 bits per heavy atom. The number of rotatable bonds is 5. The summed E-state index contributed by atoms with van der Waals surface area (Å²) in [5, 5.41) is -0.119. The van der Waals surface area contributed by atoms with E-state index in [0.29, 0.717) is 22.1 Å². The molecule has 1 atom stereocenters. The zero-order valence-corrected chi connectivity index (χ0v) is 13.2. The van der Waals surface area contributed by atoms with Crippen LogP contribution in [-0.4, -0.2) is 14.2 Å². The van der Waals surface area contributed by atoms with Crippen LogP contribution in [0.3, 0.4) is 0 Å². The molecule has 0 spiro atoms. The van der Waals surface area contributed by atoms with Crippen LogP contribution in [0.5, 0.6) is 11.5 Å². The van der Waals surface area contributed by atoms with Crippen molar-refractivity contribution in [3.8, 4) is 11.5 Å². The molecule has 0 saturated heterocycles. The van der Waals surface area contributed by atoms with E-state index in [1.165, 1.54) is 6.07 Å². The minimum atomic E-state index is -0.482. The van der Waals surface area contributed by atoms with Crippen LogP contribution in [0.4, 0.5) is 4.39 Å². The van der Waals surface area contributed by atoms with E-state index in [1.54, 1.807) is 44.6 Å². The van der Waals surface area contributed by atoms with Gasteiger partial charge in [0.15, 0.2) is 0 Å². The second-order valence-corrected chi connectivity index (χ2v) is 5.41. The second kappa shape index (κ2) is 7.01. The summed E-state index contributed by atoms with van der Waals surface area (Å²) < 4.78 is 24.3. The van der Waals surface area contributed by atoms with Crippen molar-refractivity contribution in [2.75, 3.05) is 14.2 Å². The molecule has 112 valence electrons. The van der Waals surface area contributed by atoms with E-state index in [2.05, 4.69) is 0 Å². The lowest BCUT2D eigenvalue weighted by Crippen LogP contribution is -2.02. The zero-order valence-electron chi connectivity index (χ0n) is 11.7. The summed E-state index contributed by atoms with van der Waals surface area (Å²) in [6, 6.07) is 9.91. The van der Waals surface area contributed by atoms with Crippen LogP contribution >= 0.6 is 23.2 Å². The Labute approximate surface area is 133 Å². The van der Waals surface area contributed by atoms with Gasteiger partial charge in [0.25, 0.3) is 0 Å². The number of hydrogen-bond acceptors (Lipinski definition) is 2. The Morgan fingerprint density at radius 3 is 2.52 bits per heavy atom. The van der Waals surface area contributed by atoms with E-state index >= 15 is 0 Å². The van der Waals surface area contributed by atoms with Gasteiger partial charge in [-0.3, -0.25) is 0 Å². The molecule has 2 aromatic carbocycles. The third-order valence-corrected chi connectivity index (χ3v) is 3.96. The molecular formula is C16H15Cl2FO2. The Balaban J connectivity index is 2.33. The van der Waals surface area contributed by atoms with Crippen molar-refractivity contribution < 1.29 is 13.9 Å². The molecule has 0 radical (unpaired) electrons. The Morgan fingerprint density at radius 1 is 1.14 bits per heavy atom. The summed E-state index contributed by atoms with van der Waals surface area (Å²) in [4.78, 5) is 0. The Bertz CT molecular complexity index is 611. The van der Waals surface area contributed by atoms with Gasteiger partial charge in [0.05, 0.1) is 19.6 Å². The summed E-state index contributed by atoms with van der Waals surface area (Å²) >= 11 is 12.5. The van der Waals surface area contributed by atoms with Gasteiger partial charge in [-0.15, -0.1) is 11.6 Å². The number of methoxy groups -OCH3 is 2. The molecule has 0 aliphatic heterocycles. The molecule has 0 aliphatic carbocycles. The van der Waals surface area contributed by atoms with Crippen molar-refractivity contribution in [1.29, 1.82) is 0 Å². The van der Waals surface area contributed by atoms with E-state index in [-0.39, 0.29) is 12.2 Å². The standard InChI is InChI=1S/C16H15Cl2FO2/c1-20-10-6-7-16(21-2)12(8-10)14(18)9-11-13(17)4-3-5-15(11)19/h3-8,14H,9H2,1-2H3.